The number of nitrogens with one attached hydrogen (secondary N) is 1. The topological polar surface area (TPSA) is 64.6 Å². The van der Waals surface area contributed by atoms with Gasteiger partial charge in [0.1, 0.15) is 20.4 Å². The molecule has 1 aliphatic rings. The summed E-state index contributed by atoms with van der Waals surface area (Å²) in [5, 5.41) is 3.29. The number of nitrogens with zero attached hydrogens (tertiary/aromatic N) is 1. The highest BCUT2D eigenvalue weighted by Crippen LogP contribution is 2.49. The summed E-state index contributed by atoms with van der Waals surface area (Å²) in [7, 11) is -2.97. The van der Waals surface area contributed by atoms with Gasteiger partial charge in [0.2, 0.25) is 0 Å². The molecule has 0 bridgehead atoms. The molecule has 2 aromatic carbocycles. The second kappa shape index (κ2) is 10.3. The lowest BCUT2D eigenvalue weighted by molar-refractivity contribution is -0.188. The zero-order chi connectivity index (χ0) is 21.6. The maximum atomic E-state index is 13.7. The zero-order valence-corrected chi connectivity index (χ0v) is 18.8. The van der Waals surface area contributed by atoms with E-state index in [0.717, 1.165) is 11.1 Å². The molecule has 6 heteroatoms. The Hall–Kier alpha value is -2.04. The van der Waals surface area contributed by atoms with E-state index < -0.39 is 13.8 Å². The summed E-state index contributed by atoms with van der Waals surface area (Å²) in [6.45, 7) is 6.52. The summed E-state index contributed by atoms with van der Waals surface area (Å²) >= 11 is 0. The number of hydrogen-bond acceptors (Lipinski definition) is 5. The van der Waals surface area contributed by atoms with E-state index in [-0.39, 0.29) is 18.6 Å². The first-order valence-electron chi connectivity index (χ1n) is 10.4. The molecule has 0 saturated heterocycles. The lowest BCUT2D eigenvalue weighted by atomic mass is 10.0. The van der Waals surface area contributed by atoms with Crippen LogP contribution in [0.25, 0.3) is 0 Å². The summed E-state index contributed by atoms with van der Waals surface area (Å²) in [6.07, 6.45) is 4.49. The number of ether oxygens (including phenoxy) is 1. The smallest absolute Gasteiger partial charge is 0.327 e. The second-order valence-corrected chi connectivity index (χ2v) is 10.7. The van der Waals surface area contributed by atoms with Crippen LogP contribution >= 0.6 is 7.79 Å². The van der Waals surface area contributed by atoms with Crippen LogP contribution in [0.3, 0.4) is 0 Å². The summed E-state index contributed by atoms with van der Waals surface area (Å²) in [5.74, 6) is -0.0601. The first-order valence-corrected chi connectivity index (χ1v) is 12.5. The Morgan fingerprint density at radius 2 is 1.73 bits per heavy atom. The molecule has 0 aromatic heterocycles. The van der Waals surface area contributed by atoms with Gasteiger partial charge in [-0.05, 0) is 17.0 Å². The molecular formula is C24H31N2O3P. The standard InChI is InChI=1S/C24H31N2O3P/c1-19(2)22-15-10-16-26(30(3,28)25-22)23(17-20-11-6-4-7-12-20)24(27)29-18-21-13-8-5-9-14-21/h4-15,19,22-23H,16-18H2,1-3H3,(H,25,28). The molecule has 0 radical (unpaired) electrons. The SMILES string of the molecule is CC(C)C1C=CCN(C(Cc2ccccc2)C(=O)OCc2ccccc2)[P+](C)([O-])N1. The molecule has 0 saturated carbocycles. The molecule has 160 valence electrons. The molecule has 0 aliphatic carbocycles. The minimum absolute atomic E-state index is 0.00328. The van der Waals surface area contributed by atoms with Crippen molar-refractivity contribution in [1.29, 1.82) is 0 Å². The van der Waals surface area contributed by atoms with Gasteiger partial charge in [0, 0.05) is 6.42 Å². The van der Waals surface area contributed by atoms with Crippen molar-refractivity contribution < 1.29 is 14.4 Å². The van der Waals surface area contributed by atoms with Gasteiger partial charge >= 0.3 is 5.97 Å². The molecule has 1 N–H and O–H groups in total. The van der Waals surface area contributed by atoms with Gasteiger partial charge in [0.25, 0.3) is 0 Å². The fraction of sp³-hybridized carbons (Fsp3) is 0.375. The van der Waals surface area contributed by atoms with Crippen LogP contribution in [-0.2, 0) is 22.6 Å². The van der Waals surface area contributed by atoms with E-state index in [2.05, 4.69) is 25.0 Å². The second-order valence-electron chi connectivity index (χ2n) is 8.13. The van der Waals surface area contributed by atoms with Crippen LogP contribution in [0.5, 0.6) is 0 Å². The van der Waals surface area contributed by atoms with Crippen molar-refractivity contribution in [2.24, 2.45) is 5.92 Å². The highest BCUT2D eigenvalue weighted by atomic mass is 31.2. The maximum absolute atomic E-state index is 13.7. The van der Waals surface area contributed by atoms with Crippen LogP contribution in [-0.4, -0.2) is 35.9 Å². The number of benzene rings is 2. The number of hydrogen-bond donors (Lipinski definition) is 1. The molecule has 3 atom stereocenters. The van der Waals surface area contributed by atoms with Crippen molar-refractivity contribution >= 4 is 13.8 Å². The van der Waals surface area contributed by atoms with Crippen molar-refractivity contribution in [3.8, 4) is 0 Å². The third kappa shape index (κ3) is 5.99. The van der Waals surface area contributed by atoms with E-state index in [1.807, 2.05) is 66.7 Å². The van der Waals surface area contributed by atoms with E-state index in [0.29, 0.717) is 18.9 Å². The lowest BCUT2D eigenvalue weighted by Crippen LogP contribution is -2.50. The molecule has 3 rings (SSSR count). The van der Waals surface area contributed by atoms with Crippen molar-refractivity contribution in [2.75, 3.05) is 13.2 Å². The van der Waals surface area contributed by atoms with Gasteiger partial charge < -0.3 is 9.63 Å². The van der Waals surface area contributed by atoms with E-state index >= 15 is 0 Å². The minimum Gasteiger partial charge on any atom is -0.651 e. The molecule has 0 fully saturated rings. The minimum atomic E-state index is -2.97. The van der Waals surface area contributed by atoms with Gasteiger partial charge in [-0.1, -0.05) is 86.7 Å². The van der Waals surface area contributed by atoms with E-state index in [1.54, 1.807) is 11.3 Å². The monoisotopic (exact) mass is 426 g/mol. The molecule has 1 aliphatic heterocycles. The molecule has 3 unspecified atom stereocenters. The molecule has 30 heavy (non-hydrogen) atoms. The molecule has 5 nitrogen and oxygen atoms in total. The van der Waals surface area contributed by atoms with Gasteiger partial charge in [-0.2, -0.15) is 9.76 Å². The normalized spacial score (nSPS) is 23.2. The summed E-state index contributed by atoms with van der Waals surface area (Å²) in [5.41, 5.74) is 1.94. The Bertz CT molecular complexity index is 840. The highest BCUT2D eigenvalue weighted by molar-refractivity contribution is 7.64. The Morgan fingerprint density at radius 3 is 2.33 bits per heavy atom. The third-order valence-corrected chi connectivity index (χ3v) is 7.56. The van der Waals surface area contributed by atoms with E-state index in [1.165, 1.54) is 0 Å². The molecule has 2 aromatic rings. The highest BCUT2D eigenvalue weighted by Gasteiger charge is 2.42. The van der Waals surface area contributed by atoms with Crippen LogP contribution in [0.15, 0.2) is 72.8 Å². The van der Waals surface area contributed by atoms with Gasteiger partial charge in [-0.25, -0.2) is 0 Å². The number of carbonyl (C=O) groups is 1. The molecule has 1 heterocycles. The van der Waals surface area contributed by atoms with E-state index in [4.69, 9.17) is 4.74 Å². The number of carbonyl (C=O) groups excluding carboxylic acids is 1. The van der Waals surface area contributed by atoms with Crippen LogP contribution in [0.2, 0.25) is 0 Å². The largest absolute Gasteiger partial charge is 0.651 e. The predicted octanol–water partition coefficient (Wildman–Crippen LogP) is 3.58. The van der Waals surface area contributed by atoms with Crippen LogP contribution < -0.4 is 9.98 Å². The summed E-state index contributed by atoms with van der Waals surface area (Å²) < 4.78 is 7.45. The van der Waals surface area contributed by atoms with Crippen molar-refractivity contribution in [3.05, 3.63) is 83.9 Å². The summed E-state index contributed by atoms with van der Waals surface area (Å²) in [4.78, 5) is 26.9. The summed E-state index contributed by atoms with van der Waals surface area (Å²) in [6, 6.07) is 18.8. The van der Waals surface area contributed by atoms with Gasteiger partial charge in [-0.3, -0.25) is 4.79 Å². The molecular weight excluding hydrogens is 395 g/mol. The van der Waals surface area contributed by atoms with Crippen LogP contribution in [0.1, 0.15) is 25.0 Å². The van der Waals surface area contributed by atoms with Crippen molar-refractivity contribution in [3.63, 3.8) is 0 Å². The lowest BCUT2D eigenvalue weighted by Gasteiger charge is -2.41. The van der Waals surface area contributed by atoms with Gasteiger partial charge in [0.15, 0.2) is 0 Å². The van der Waals surface area contributed by atoms with E-state index in [9.17, 15) is 9.69 Å². The first kappa shape index (κ1) is 22.6. The van der Waals surface area contributed by atoms with Crippen molar-refractivity contribution in [1.82, 2.24) is 9.76 Å². The number of esters is 1. The van der Waals surface area contributed by atoms with Crippen LogP contribution in [0, 0.1) is 5.92 Å². The zero-order valence-electron chi connectivity index (χ0n) is 17.9. The van der Waals surface area contributed by atoms with Crippen LogP contribution in [0.4, 0.5) is 0 Å². The quantitative estimate of drug-likeness (QED) is 0.417. The average molecular weight is 426 g/mol. The fourth-order valence-corrected chi connectivity index (χ4v) is 5.80. The molecule has 0 amide bonds. The third-order valence-electron chi connectivity index (χ3n) is 5.36. The maximum Gasteiger partial charge on any atom is 0.327 e. The number of rotatable bonds is 7. The Kier molecular flexibility index (Phi) is 7.79. The Labute approximate surface area is 180 Å². The van der Waals surface area contributed by atoms with Gasteiger partial charge in [-0.15, -0.1) is 0 Å². The fourth-order valence-electron chi connectivity index (χ4n) is 3.60. The first-order chi connectivity index (χ1) is 14.4. The molecule has 0 spiro atoms. The predicted molar refractivity (Wildman–Crippen MR) is 121 cm³/mol. The average Bonchev–Trinajstić information content (AvgIpc) is 2.90. The Morgan fingerprint density at radius 1 is 1.13 bits per heavy atom. The van der Waals surface area contributed by atoms with Gasteiger partial charge in [0.05, 0.1) is 19.3 Å². The Balaban J connectivity index is 1.82. The van der Waals surface area contributed by atoms with Crippen molar-refractivity contribution in [2.45, 2.75) is 39.0 Å².